The molecule has 2 N–H and O–H groups in total. The molecule has 8 heteroatoms. The predicted octanol–water partition coefficient (Wildman–Crippen LogP) is 3.55. The van der Waals surface area contributed by atoms with Crippen LogP contribution in [-0.2, 0) is 11.2 Å². The molecule has 2 heterocycles. The number of rotatable bonds is 5. The second-order valence-electron chi connectivity index (χ2n) is 5.86. The van der Waals surface area contributed by atoms with Crippen LogP contribution in [0, 0.1) is 5.82 Å². The van der Waals surface area contributed by atoms with E-state index >= 15 is 0 Å². The number of anilines is 1. The lowest BCUT2D eigenvalue weighted by atomic mass is 10.1. The molecule has 0 aliphatic heterocycles. The smallest absolute Gasteiger partial charge is 0.249 e. The Bertz CT molecular complexity index is 1100. The van der Waals surface area contributed by atoms with Gasteiger partial charge in [0.05, 0.1) is 19.8 Å². The van der Waals surface area contributed by atoms with Crippen LogP contribution >= 0.6 is 0 Å². The molecule has 0 atom stereocenters. The highest BCUT2D eigenvalue weighted by atomic mass is 19.1. The monoisotopic (exact) mass is 366 g/mol. The zero-order valence-corrected chi connectivity index (χ0v) is 14.3. The van der Waals surface area contributed by atoms with Crippen LogP contribution in [0.5, 0.6) is 5.75 Å². The van der Waals surface area contributed by atoms with Crippen LogP contribution < -0.4 is 10.1 Å². The van der Waals surface area contributed by atoms with E-state index in [0.29, 0.717) is 22.7 Å². The van der Waals surface area contributed by atoms with Gasteiger partial charge < -0.3 is 9.15 Å². The third-order valence-corrected chi connectivity index (χ3v) is 4.07. The van der Waals surface area contributed by atoms with Crippen LogP contribution in [0.4, 0.5) is 10.3 Å². The lowest BCUT2D eigenvalue weighted by molar-refractivity contribution is -0.115. The maximum absolute atomic E-state index is 13.0. The highest BCUT2D eigenvalue weighted by Gasteiger charge is 2.13. The van der Waals surface area contributed by atoms with Gasteiger partial charge in [-0.3, -0.25) is 15.2 Å². The number of methoxy groups -OCH3 is 1. The van der Waals surface area contributed by atoms with Crippen molar-refractivity contribution in [3.05, 3.63) is 60.1 Å². The highest BCUT2D eigenvalue weighted by molar-refractivity contribution is 5.94. The van der Waals surface area contributed by atoms with Gasteiger partial charge >= 0.3 is 0 Å². The molecule has 0 aliphatic rings. The molecule has 0 saturated carbocycles. The summed E-state index contributed by atoms with van der Waals surface area (Å²) in [6.45, 7) is 0. The number of hydrogen-bond donors (Lipinski definition) is 2. The molecule has 4 rings (SSSR count). The van der Waals surface area contributed by atoms with Gasteiger partial charge in [0, 0.05) is 22.6 Å². The Morgan fingerprint density at radius 2 is 2.07 bits per heavy atom. The molecule has 0 spiro atoms. The number of fused-ring (bicyclic) bond motifs is 1. The molecule has 2 aromatic heterocycles. The Labute approximate surface area is 153 Å². The molecule has 0 unspecified atom stereocenters. The van der Waals surface area contributed by atoms with E-state index in [0.717, 1.165) is 10.9 Å². The summed E-state index contributed by atoms with van der Waals surface area (Å²) in [6.07, 6.45) is 1.66. The van der Waals surface area contributed by atoms with Gasteiger partial charge in [-0.15, -0.1) is 5.10 Å². The zero-order chi connectivity index (χ0) is 18.8. The number of nitrogens with zero attached hydrogens (tertiary/aromatic N) is 2. The average molecular weight is 366 g/mol. The first-order valence-electron chi connectivity index (χ1n) is 8.14. The molecule has 0 bridgehead atoms. The first-order valence-corrected chi connectivity index (χ1v) is 8.14. The lowest BCUT2D eigenvalue weighted by Gasteiger charge is -2.01. The maximum Gasteiger partial charge on any atom is 0.249 e. The van der Waals surface area contributed by atoms with Crippen LogP contribution in [0.3, 0.4) is 0 Å². The number of carbonyl (C=O) groups is 1. The van der Waals surface area contributed by atoms with Crippen molar-refractivity contribution < 1.29 is 18.3 Å². The second kappa shape index (κ2) is 6.91. The molecule has 1 amide bonds. The number of aromatic amines is 1. The summed E-state index contributed by atoms with van der Waals surface area (Å²) in [5.74, 6) is 0.650. The van der Waals surface area contributed by atoms with Crippen molar-refractivity contribution in [3.63, 3.8) is 0 Å². The molecule has 0 radical (unpaired) electrons. The zero-order valence-electron chi connectivity index (χ0n) is 14.3. The minimum Gasteiger partial charge on any atom is -0.497 e. The van der Waals surface area contributed by atoms with Crippen LogP contribution in [-0.4, -0.2) is 28.2 Å². The molecular formula is C19H15FN4O3. The fourth-order valence-corrected chi connectivity index (χ4v) is 2.72. The predicted molar refractivity (Wildman–Crippen MR) is 96.9 cm³/mol. The first-order chi connectivity index (χ1) is 13.1. The van der Waals surface area contributed by atoms with Crippen LogP contribution in [0.25, 0.3) is 22.4 Å². The molecule has 0 fully saturated rings. The highest BCUT2D eigenvalue weighted by Crippen LogP contribution is 2.26. The van der Waals surface area contributed by atoms with Gasteiger partial charge in [0.25, 0.3) is 0 Å². The Balaban J connectivity index is 1.46. The summed E-state index contributed by atoms with van der Waals surface area (Å²) in [4.78, 5) is 16.5. The number of benzene rings is 2. The van der Waals surface area contributed by atoms with E-state index in [1.165, 1.54) is 12.1 Å². The molecule has 4 aromatic rings. The molecular weight excluding hydrogens is 351 g/mol. The van der Waals surface area contributed by atoms with Crippen molar-refractivity contribution >= 4 is 22.8 Å². The number of nitrogens with one attached hydrogen (secondary N) is 2. The fourth-order valence-electron chi connectivity index (χ4n) is 2.72. The Kier molecular flexibility index (Phi) is 4.29. The van der Waals surface area contributed by atoms with E-state index < -0.39 is 0 Å². The lowest BCUT2D eigenvalue weighted by Crippen LogP contribution is -2.15. The van der Waals surface area contributed by atoms with Crippen LogP contribution in [0.2, 0.25) is 0 Å². The fraction of sp³-hybridized carbons (Fsp3) is 0.105. The quantitative estimate of drug-likeness (QED) is 0.563. The van der Waals surface area contributed by atoms with Gasteiger partial charge in [-0.2, -0.15) is 4.98 Å². The third-order valence-electron chi connectivity index (χ3n) is 4.07. The summed E-state index contributed by atoms with van der Waals surface area (Å²) < 4.78 is 23.6. The summed E-state index contributed by atoms with van der Waals surface area (Å²) >= 11 is 0. The van der Waals surface area contributed by atoms with E-state index in [4.69, 9.17) is 9.15 Å². The summed E-state index contributed by atoms with van der Waals surface area (Å²) in [6, 6.07) is 11.2. The van der Waals surface area contributed by atoms with E-state index in [2.05, 4.69) is 20.5 Å². The normalized spacial score (nSPS) is 10.9. The second-order valence-corrected chi connectivity index (χ2v) is 5.86. The van der Waals surface area contributed by atoms with E-state index in [1.807, 2.05) is 12.1 Å². The molecule has 136 valence electrons. The number of hydrogen-bond acceptors (Lipinski definition) is 5. The number of H-pyrrole nitrogens is 1. The summed E-state index contributed by atoms with van der Waals surface area (Å²) in [5.41, 5.74) is 2.06. The minimum absolute atomic E-state index is 0.111. The molecule has 7 nitrogen and oxygen atoms in total. The molecule has 0 aliphatic carbocycles. The van der Waals surface area contributed by atoms with E-state index in [1.54, 1.807) is 31.6 Å². The topological polar surface area (TPSA) is 93.0 Å². The van der Waals surface area contributed by atoms with Crippen LogP contribution in [0.15, 0.2) is 53.1 Å². The number of furan rings is 1. The summed E-state index contributed by atoms with van der Waals surface area (Å²) in [5, 5.41) is 10.2. The van der Waals surface area contributed by atoms with Gasteiger partial charge in [0.15, 0.2) is 5.82 Å². The van der Waals surface area contributed by atoms with Gasteiger partial charge in [0.1, 0.15) is 17.1 Å². The standard InChI is InChI=1S/C19H15FN4O3/c1-26-14-6-7-15-12(10-27-16(15)9-14)8-17(25)21-19-22-18(23-24-19)11-2-4-13(20)5-3-11/h2-7,9-10H,8H2,1H3,(H2,21,22,23,24,25). The van der Waals surface area contributed by atoms with E-state index in [9.17, 15) is 9.18 Å². The van der Waals surface area contributed by atoms with Gasteiger partial charge in [-0.05, 0) is 36.4 Å². The van der Waals surface area contributed by atoms with Crippen molar-refractivity contribution in [1.29, 1.82) is 0 Å². The van der Waals surface area contributed by atoms with Crippen molar-refractivity contribution in [2.45, 2.75) is 6.42 Å². The number of aromatic nitrogens is 3. The Morgan fingerprint density at radius 1 is 1.26 bits per heavy atom. The summed E-state index contributed by atoms with van der Waals surface area (Å²) in [7, 11) is 1.58. The third kappa shape index (κ3) is 3.50. The van der Waals surface area contributed by atoms with Gasteiger partial charge in [-0.1, -0.05) is 0 Å². The molecule has 2 aromatic carbocycles. The van der Waals surface area contributed by atoms with Gasteiger partial charge in [0.2, 0.25) is 11.9 Å². The average Bonchev–Trinajstić information content (AvgIpc) is 3.29. The van der Waals surface area contributed by atoms with Crippen molar-refractivity contribution in [3.8, 4) is 17.1 Å². The first kappa shape index (κ1) is 16.8. The number of ether oxygens (including phenoxy) is 1. The number of carbonyl (C=O) groups excluding carboxylic acids is 1. The van der Waals surface area contributed by atoms with Crippen molar-refractivity contribution in [1.82, 2.24) is 15.2 Å². The molecule has 27 heavy (non-hydrogen) atoms. The molecule has 0 saturated heterocycles. The number of amides is 1. The van der Waals surface area contributed by atoms with Crippen molar-refractivity contribution in [2.75, 3.05) is 12.4 Å². The Morgan fingerprint density at radius 3 is 2.85 bits per heavy atom. The van der Waals surface area contributed by atoms with E-state index in [-0.39, 0.29) is 24.1 Å². The van der Waals surface area contributed by atoms with Gasteiger partial charge in [-0.25, -0.2) is 4.39 Å². The largest absolute Gasteiger partial charge is 0.497 e. The minimum atomic E-state index is -0.336. The number of halogens is 1. The van der Waals surface area contributed by atoms with Crippen LogP contribution in [0.1, 0.15) is 5.56 Å². The SMILES string of the molecule is COc1ccc2c(CC(=O)Nc3n[nH]c(-c4ccc(F)cc4)n3)coc2c1. The maximum atomic E-state index is 13.0. The Hall–Kier alpha value is -3.68. The van der Waals surface area contributed by atoms with Crippen molar-refractivity contribution in [2.24, 2.45) is 0 Å².